The van der Waals surface area contributed by atoms with Crippen molar-refractivity contribution in [2.75, 3.05) is 49.6 Å². The largest absolute Gasteiger partial charge is 0.490 e. The normalized spacial score (nSPS) is 13.5. The van der Waals surface area contributed by atoms with Gasteiger partial charge in [-0.15, -0.1) is 10.2 Å². The number of hydrogen-bond acceptors (Lipinski definition) is 6. The predicted molar refractivity (Wildman–Crippen MR) is 139 cm³/mol. The smallest absolute Gasteiger partial charge is 0.321 e. The van der Waals surface area contributed by atoms with Crippen LogP contribution in [-0.4, -0.2) is 60.5 Å². The summed E-state index contributed by atoms with van der Waals surface area (Å²) in [5, 5.41) is 12.8. The van der Waals surface area contributed by atoms with Gasteiger partial charge in [0.05, 0.1) is 23.9 Å². The number of benzene rings is 2. The van der Waals surface area contributed by atoms with Gasteiger partial charge in [-0.3, -0.25) is 0 Å². The summed E-state index contributed by atoms with van der Waals surface area (Å²) in [5.74, 6) is 2.03. The second kappa shape index (κ2) is 11.5. The highest BCUT2D eigenvalue weighted by molar-refractivity contribution is 6.36. The average molecular weight is 516 g/mol. The number of halogens is 2. The maximum atomic E-state index is 12.8. The monoisotopic (exact) mass is 515 g/mol. The summed E-state index contributed by atoms with van der Waals surface area (Å²) in [6, 6.07) is 14.3. The summed E-state index contributed by atoms with van der Waals surface area (Å²) in [7, 11) is 0. The standard InChI is InChI=1S/C25H27Cl2N5O3/c1-3-34-22-9-6-18(16-23(22)35-4-2)28-25(33)32-13-11-31(12-14-32)24-10-8-21(29-30-24)19-7-5-17(26)15-20(19)27/h5-10,15-16H,3-4,11-14H2,1-2H3,(H,28,33). The number of anilines is 2. The van der Waals surface area contributed by atoms with Crippen LogP contribution >= 0.6 is 23.2 Å². The Hall–Kier alpha value is -3.23. The third-order valence-electron chi connectivity index (χ3n) is 5.54. The van der Waals surface area contributed by atoms with E-state index in [9.17, 15) is 4.79 Å². The van der Waals surface area contributed by atoms with Crippen molar-refractivity contribution in [2.45, 2.75) is 13.8 Å². The predicted octanol–water partition coefficient (Wildman–Crippen LogP) is 5.60. The van der Waals surface area contributed by atoms with Crippen molar-refractivity contribution in [1.82, 2.24) is 15.1 Å². The van der Waals surface area contributed by atoms with Crippen molar-refractivity contribution >= 4 is 40.7 Å². The van der Waals surface area contributed by atoms with Gasteiger partial charge in [0.1, 0.15) is 0 Å². The van der Waals surface area contributed by atoms with Crippen molar-refractivity contribution in [3.8, 4) is 22.8 Å². The Morgan fingerprint density at radius 3 is 2.31 bits per heavy atom. The first kappa shape index (κ1) is 24.9. The lowest BCUT2D eigenvalue weighted by molar-refractivity contribution is 0.208. The minimum absolute atomic E-state index is 0.157. The zero-order chi connectivity index (χ0) is 24.8. The van der Waals surface area contributed by atoms with Gasteiger partial charge in [0.15, 0.2) is 17.3 Å². The van der Waals surface area contributed by atoms with E-state index in [-0.39, 0.29) is 6.03 Å². The molecule has 4 rings (SSSR count). The van der Waals surface area contributed by atoms with Gasteiger partial charge in [-0.25, -0.2) is 4.79 Å². The Morgan fingerprint density at radius 2 is 1.66 bits per heavy atom. The van der Waals surface area contributed by atoms with E-state index in [4.69, 9.17) is 32.7 Å². The van der Waals surface area contributed by atoms with E-state index < -0.39 is 0 Å². The van der Waals surface area contributed by atoms with Crippen LogP contribution in [0.4, 0.5) is 16.3 Å². The summed E-state index contributed by atoms with van der Waals surface area (Å²) >= 11 is 12.3. The summed E-state index contributed by atoms with van der Waals surface area (Å²) in [4.78, 5) is 16.7. The summed E-state index contributed by atoms with van der Waals surface area (Å²) < 4.78 is 11.2. The van der Waals surface area contributed by atoms with Crippen molar-refractivity contribution in [2.24, 2.45) is 0 Å². The van der Waals surface area contributed by atoms with E-state index in [0.717, 1.165) is 11.4 Å². The molecule has 35 heavy (non-hydrogen) atoms. The fraction of sp³-hybridized carbons (Fsp3) is 0.320. The Bertz CT molecular complexity index is 1170. The molecule has 0 saturated carbocycles. The van der Waals surface area contributed by atoms with Crippen LogP contribution in [0.1, 0.15) is 13.8 Å². The van der Waals surface area contributed by atoms with Crippen LogP contribution < -0.4 is 19.7 Å². The van der Waals surface area contributed by atoms with Crippen molar-refractivity contribution < 1.29 is 14.3 Å². The molecule has 2 aromatic carbocycles. The van der Waals surface area contributed by atoms with Crippen LogP contribution in [-0.2, 0) is 0 Å². The number of urea groups is 1. The lowest BCUT2D eigenvalue weighted by Gasteiger charge is -2.35. The number of rotatable bonds is 7. The number of aromatic nitrogens is 2. The van der Waals surface area contributed by atoms with E-state index >= 15 is 0 Å². The first-order chi connectivity index (χ1) is 17.0. The van der Waals surface area contributed by atoms with Gasteiger partial charge in [-0.05, 0) is 56.3 Å². The molecule has 1 aliphatic heterocycles. The molecule has 1 saturated heterocycles. The fourth-order valence-electron chi connectivity index (χ4n) is 3.80. The number of carbonyl (C=O) groups is 1. The first-order valence-corrected chi connectivity index (χ1v) is 12.2. The second-order valence-electron chi connectivity index (χ2n) is 7.83. The molecule has 10 heteroatoms. The third kappa shape index (κ3) is 6.07. The van der Waals surface area contributed by atoms with Gasteiger partial charge in [-0.1, -0.05) is 23.2 Å². The number of amides is 2. The van der Waals surface area contributed by atoms with Crippen LogP contribution in [0.3, 0.4) is 0 Å². The van der Waals surface area contributed by atoms with Gasteiger partial charge in [0.25, 0.3) is 0 Å². The highest BCUT2D eigenvalue weighted by Gasteiger charge is 2.23. The molecule has 184 valence electrons. The molecular weight excluding hydrogens is 489 g/mol. The number of ether oxygens (including phenoxy) is 2. The van der Waals surface area contributed by atoms with Crippen LogP contribution in [0, 0.1) is 0 Å². The van der Waals surface area contributed by atoms with Crippen molar-refractivity contribution in [3.05, 3.63) is 58.6 Å². The molecule has 2 heterocycles. The molecule has 0 aliphatic carbocycles. The van der Waals surface area contributed by atoms with Crippen LogP contribution in [0.25, 0.3) is 11.3 Å². The quantitative estimate of drug-likeness (QED) is 0.440. The zero-order valence-electron chi connectivity index (χ0n) is 19.6. The fourth-order valence-corrected chi connectivity index (χ4v) is 4.31. The minimum Gasteiger partial charge on any atom is -0.490 e. The number of hydrogen-bond donors (Lipinski definition) is 1. The van der Waals surface area contributed by atoms with E-state index in [1.54, 1.807) is 23.1 Å². The van der Waals surface area contributed by atoms with E-state index in [1.165, 1.54) is 0 Å². The Balaban J connectivity index is 1.34. The minimum atomic E-state index is -0.157. The maximum absolute atomic E-state index is 12.8. The Morgan fingerprint density at radius 1 is 0.914 bits per heavy atom. The molecule has 0 atom stereocenters. The highest BCUT2D eigenvalue weighted by Crippen LogP contribution is 2.31. The van der Waals surface area contributed by atoms with Crippen LogP contribution in [0.2, 0.25) is 10.0 Å². The molecule has 0 unspecified atom stereocenters. The topological polar surface area (TPSA) is 79.8 Å². The molecule has 1 aliphatic rings. The second-order valence-corrected chi connectivity index (χ2v) is 8.68. The number of nitrogens with zero attached hydrogens (tertiary/aromatic N) is 4. The first-order valence-electron chi connectivity index (χ1n) is 11.5. The van der Waals surface area contributed by atoms with Crippen molar-refractivity contribution in [1.29, 1.82) is 0 Å². The van der Waals surface area contributed by atoms with E-state index in [1.807, 2.05) is 44.2 Å². The van der Waals surface area contributed by atoms with Gasteiger partial charge in [0.2, 0.25) is 0 Å². The maximum Gasteiger partial charge on any atom is 0.321 e. The van der Waals surface area contributed by atoms with Crippen LogP contribution in [0.5, 0.6) is 11.5 Å². The molecule has 3 aromatic rings. The molecule has 2 amide bonds. The SMILES string of the molecule is CCOc1ccc(NC(=O)N2CCN(c3ccc(-c4ccc(Cl)cc4Cl)nn3)CC2)cc1OCC. The molecule has 0 spiro atoms. The van der Waals surface area contributed by atoms with Gasteiger partial charge in [0, 0.05) is 48.5 Å². The number of nitrogens with one attached hydrogen (secondary N) is 1. The van der Waals surface area contributed by atoms with Gasteiger partial charge in [-0.2, -0.15) is 0 Å². The summed E-state index contributed by atoms with van der Waals surface area (Å²) in [6.45, 7) is 7.30. The lowest BCUT2D eigenvalue weighted by atomic mass is 10.1. The Kier molecular flexibility index (Phi) is 8.15. The average Bonchev–Trinajstić information content (AvgIpc) is 2.86. The summed E-state index contributed by atoms with van der Waals surface area (Å²) in [5.41, 5.74) is 2.11. The molecule has 0 bridgehead atoms. The number of carbonyl (C=O) groups excluding carboxylic acids is 1. The van der Waals surface area contributed by atoms with Gasteiger partial charge >= 0.3 is 6.03 Å². The molecule has 8 nitrogen and oxygen atoms in total. The lowest BCUT2D eigenvalue weighted by Crippen LogP contribution is -2.50. The number of piperazine rings is 1. The molecule has 1 aromatic heterocycles. The Labute approximate surface area is 214 Å². The van der Waals surface area contributed by atoms with Crippen LogP contribution in [0.15, 0.2) is 48.5 Å². The highest BCUT2D eigenvalue weighted by atomic mass is 35.5. The van der Waals surface area contributed by atoms with Crippen molar-refractivity contribution in [3.63, 3.8) is 0 Å². The molecule has 1 N–H and O–H groups in total. The van der Waals surface area contributed by atoms with E-state index in [0.29, 0.717) is 72.3 Å². The third-order valence-corrected chi connectivity index (χ3v) is 6.09. The van der Waals surface area contributed by atoms with E-state index in [2.05, 4.69) is 20.4 Å². The molecule has 1 fully saturated rings. The summed E-state index contributed by atoms with van der Waals surface area (Å²) in [6.07, 6.45) is 0. The zero-order valence-corrected chi connectivity index (χ0v) is 21.1. The molecule has 0 radical (unpaired) electrons. The van der Waals surface area contributed by atoms with Gasteiger partial charge < -0.3 is 24.6 Å². The molecular formula is C25H27Cl2N5O3.